The summed E-state index contributed by atoms with van der Waals surface area (Å²) in [6.07, 6.45) is -1.16. The molecule has 1 rings (SSSR count). The van der Waals surface area contributed by atoms with Crippen LogP contribution < -0.4 is 5.73 Å². The molecular formula is C7H6F2N2O. The number of nitrogen functional groups attached to an aromatic ring is 1. The summed E-state index contributed by atoms with van der Waals surface area (Å²) in [5.41, 5.74) is 4.99. The minimum atomic E-state index is -2.66. The largest absolute Gasteiger partial charge is 0.398 e. The van der Waals surface area contributed by atoms with E-state index < -0.39 is 12.1 Å². The molecule has 0 amide bonds. The lowest BCUT2D eigenvalue weighted by molar-refractivity contribution is 0.112. The summed E-state index contributed by atoms with van der Waals surface area (Å²) in [6, 6.07) is 0.994. The first kappa shape index (κ1) is 8.58. The van der Waals surface area contributed by atoms with Crippen molar-refractivity contribution in [2.24, 2.45) is 0 Å². The van der Waals surface area contributed by atoms with Gasteiger partial charge in [-0.25, -0.2) is 8.78 Å². The maximum atomic E-state index is 12.0. The van der Waals surface area contributed by atoms with Crippen LogP contribution in [0.4, 0.5) is 14.5 Å². The zero-order valence-electron chi connectivity index (χ0n) is 6.00. The Morgan fingerprint density at radius 1 is 1.58 bits per heavy atom. The summed E-state index contributed by atoms with van der Waals surface area (Å²) in [6.45, 7) is 0. The number of nitrogens with two attached hydrogens (primary N) is 1. The van der Waals surface area contributed by atoms with Crippen molar-refractivity contribution in [2.45, 2.75) is 6.43 Å². The lowest BCUT2D eigenvalue weighted by Gasteiger charge is -2.01. The van der Waals surface area contributed by atoms with Crippen molar-refractivity contribution < 1.29 is 13.6 Å². The summed E-state index contributed by atoms with van der Waals surface area (Å²) >= 11 is 0. The number of carbonyl (C=O) groups excluding carboxylic acids is 1. The molecule has 5 heteroatoms. The molecule has 0 radical (unpaired) electrons. The van der Waals surface area contributed by atoms with E-state index in [1.807, 2.05) is 0 Å². The van der Waals surface area contributed by atoms with Crippen LogP contribution in [0.25, 0.3) is 0 Å². The number of halogens is 2. The number of aromatic nitrogens is 1. The monoisotopic (exact) mass is 172 g/mol. The molecule has 64 valence electrons. The van der Waals surface area contributed by atoms with Gasteiger partial charge in [-0.05, 0) is 6.07 Å². The summed E-state index contributed by atoms with van der Waals surface area (Å²) in [7, 11) is 0. The van der Waals surface area contributed by atoms with E-state index in [1.54, 1.807) is 0 Å². The number of carbonyl (C=O) groups is 1. The van der Waals surface area contributed by atoms with Gasteiger partial charge in [-0.2, -0.15) is 0 Å². The van der Waals surface area contributed by atoms with E-state index in [-0.39, 0.29) is 11.3 Å². The predicted molar refractivity (Wildman–Crippen MR) is 39.0 cm³/mol. The molecule has 0 aliphatic carbocycles. The zero-order chi connectivity index (χ0) is 9.14. The third-order valence-electron chi connectivity index (χ3n) is 1.34. The molecule has 0 aliphatic heterocycles. The Morgan fingerprint density at radius 2 is 2.25 bits per heavy atom. The van der Waals surface area contributed by atoms with Gasteiger partial charge in [-0.15, -0.1) is 0 Å². The van der Waals surface area contributed by atoms with Gasteiger partial charge in [0.05, 0.1) is 5.56 Å². The summed E-state index contributed by atoms with van der Waals surface area (Å²) in [5.74, 6) is 0. The van der Waals surface area contributed by atoms with Crippen LogP contribution in [-0.2, 0) is 0 Å². The van der Waals surface area contributed by atoms with Crippen LogP contribution in [0.5, 0.6) is 0 Å². The van der Waals surface area contributed by atoms with E-state index in [0.29, 0.717) is 6.29 Å². The number of pyridine rings is 1. The van der Waals surface area contributed by atoms with Gasteiger partial charge < -0.3 is 5.73 Å². The van der Waals surface area contributed by atoms with E-state index in [0.717, 1.165) is 12.3 Å². The van der Waals surface area contributed by atoms with Crippen molar-refractivity contribution >= 4 is 12.0 Å². The maximum Gasteiger partial charge on any atom is 0.280 e. The minimum Gasteiger partial charge on any atom is -0.398 e. The Bertz CT molecular complexity index is 301. The second-order valence-electron chi connectivity index (χ2n) is 2.16. The Labute approximate surface area is 67.2 Å². The quantitative estimate of drug-likeness (QED) is 0.686. The molecule has 3 nitrogen and oxygen atoms in total. The van der Waals surface area contributed by atoms with Crippen molar-refractivity contribution in [2.75, 3.05) is 5.73 Å². The van der Waals surface area contributed by atoms with E-state index in [2.05, 4.69) is 4.98 Å². The van der Waals surface area contributed by atoms with Crippen molar-refractivity contribution in [3.05, 3.63) is 23.5 Å². The molecule has 0 aromatic carbocycles. The summed E-state index contributed by atoms with van der Waals surface area (Å²) in [4.78, 5) is 13.5. The van der Waals surface area contributed by atoms with Crippen LogP contribution in [-0.4, -0.2) is 11.3 Å². The first-order valence-electron chi connectivity index (χ1n) is 3.14. The van der Waals surface area contributed by atoms with Crippen molar-refractivity contribution in [1.82, 2.24) is 4.98 Å². The third-order valence-corrected chi connectivity index (χ3v) is 1.34. The second-order valence-corrected chi connectivity index (χ2v) is 2.16. The first-order valence-corrected chi connectivity index (χ1v) is 3.14. The molecule has 2 N–H and O–H groups in total. The number of rotatable bonds is 2. The molecule has 0 aliphatic rings. The highest BCUT2D eigenvalue weighted by Gasteiger charge is 2.09. The van der Waals surface area contributed by atoms with Crippen LogP contribution in [0, 0.1) is 0 Å². The fourth-order valence-corrected chi connectivity index (χ4v) is 0.716. The molecule has 0 fully saturated rings. The van der Waals surface area contributed by atoms with Crippen LogP contribution in [0.15, 0.2) is 12.3 Å². The molecule has 0 spiro atoms. The number of aldehydes is 1. The lowest BCUT2D eigenvalue weighted by atomic mass is 10.2. The number of nitrogens with zero attached hydrogens (tertiary/aromatic N) is 1. The molecule has 1 aromatic rings. The normalized spacial score (nSPS) is 10.2. The van der Waals surface area contributed by atoms with Crippen molar-refractivity contribution in [1.29, 1.82) is 0 Å². The third kappa shape index (κ3) is 1.55. The average molecular weight is 172 g/mol. The van der Waals surface area contributed by atoms with E-state index in [9.17, 15) is 13.6 Å². The summed E-state index contributed by atoms with van der Waals surface area (Å²) in [5, 5.41) is 0. The molecule has 0 unspecified atom stereocenters. The minimum absolute atomic E-state index is 0.0234. The predicted octanol–water partition coefficient (Wildman–Crippen LogP) is 1.41. The van der Waals surface area contributed by atoms with E-state index >= 15 is 0 Å². The molecule has 0 saturated heterocycles. The van der Waals surface area contributed by atoms with Crippen molar-refractivity contribution in [3.8, 4) is 0 Å². The van der Waals surface area contributed by atoms with Gasteiger partial charge >= 0.3 is 0 Å². The van der Waals surface area contributed by atoms with Crippen LogP contribution >= 0.6 is 0 Å². The van der Waals surface area contributed by atoms with Crippen LogP contribution in [0.3, 0.4) is 0 Å². The molecule has 1 heterocycles. The number of hydrogen-bond acceptors (Lipinski definition) is 3. The zero-order valence-corrected chi connectivity index (χ0v) is 6.00. The lowest BCUT2D eigenvalue weighted by Crippen LogP contribution is -1.98. The Balaban J connectivity index is 3.10. The Hall–Kier alpha value is -1.52. The van der Waals surface area contributed by atoms with Crippen molar-refractivity contribution in [3.63, 3.8) is 0 Å². The van der Waals surface area contributed by atoms with E-state index in [4.69, 9.17) is 5.73 Å². The molecule has 0 bridgehead atoms. The number of alkyl halides is 2. The number of hydrogen-bond donors (Lipinski definition) is 1. The van der Waals surface area contributed by atoms with Crippen LogP contribution in [0.2, 0.25) is 0 Å². The Morgan fingerprint density at radius 3 is 2.67 bits per heavy atom. The molecule has 0 atom stereocenters. The van der Waals surface area contributed by atoms with Gasteiger partial charge in [0.25, 0.3) is 6.43 Å². The fourth-order valence-electron chi connectivity index (χ4n) is 0.716. The maximum absolute atomic E-state index is 12.0. The standard InChI is InChI=1S/C7H6F2N2O/c8-7(9)6-1-5(10)4(3-12)2-11-6/h1-3,7H,(H2,10,11). The van der Waals surface area contributed by atoms with Gasteiger partial charge in [-0.3, -0.25) is 9.78 Å². The highest BCUT2D eigenvalue weighted by molar-refractivity contribution is 5.82. The number of anilines is 1. The Kier molecular flexibility index (Phi) is 2.32. The second kappa shape index (κ2) is 3.25. The van der Waals surface area contributed by atoms with Gasteiger partial charge in [-0.1, -0.05) is 0 Å². The highest BCUT2D eigenvalue weighted by Crippen LogP contribution is 2.19. The average Bonchev–Trinajstić information content (AvgIpc) is 2.04. The van der Waals surface area contributed by atoms with Gasteiger partial charge in [0.2, 0.25) is 0 Å². The van der Waals surface area contributed by atoms with Crippen LogP contribution in [0.1, 0.15) is 22.5 Å². The topological polar surface area (TPSA) is 56.0 Å². The smallest absolute Gasteiger partial charge is 0.280 e. The van der Waals surface area contributed by atoms with E-state index in [1.165, 1.54) is 0 Å². The van der Waals surface area contributed by atoms with Gasteiger partial charge in [0, 0.05) is 11.9 Å². The molecule has 12 heavy (non-hydrogen) atoms. The first-order chi connectivity index (χ1) is 5.65. The summed E-state index contributed by atoms with van der Waals surface area (Å²) < 4.78 is 24.0. The SMILES string of the molecule is Nc1cc(C(F)F)ncc1C=O. The molecular weight excluding hydrogens is 166 g/mol. The highest BCUT2D eigenvalue weighted by atomic mass is 19.3. The van der Waals surface area contributed by atoms with Gasteiger partial charge in [0.15, 0.2) is 6.29 Å². The molecule has 1 aromatic heterocycles. The fraction of sp³-hybridized carbons (Fsp3) is 0.143. The van der Waals surface area contributed by atoms with Gasteiger partial charge in [0.1, 0.15) is 5.69 Å². The molecule has 0 saturated carbocycles.